The van der Waals surface area contributed by atoms with Crippen LogP contribution in [0.5, 0.6) is 5.88 Å². The maximum Gasteiger partial charge on any atom is 0.300 e. The maximum atomic E-state index is 11.1. The summed E-state index contributed by atoms with van der Waals surface area (Å²) in [4.78, 5) is 11.1. The number of carbonyl (C=O) groups excluding carboxylic acids is 1. The number of carbonyl (C=O) groups is 1. The second-order valence-electron chi connectivity index (χ2n) is 2.02. The van der Waals surface area contributed by atoms with Crippen LogP contribution in [0.1, 0.15) is 10.5 Å². The molecule has 1 aromatic heterocycles. The number of aromatic amines is 1. The minimum atomic E-state index is -0.656. The molecule has 0 saturated carbocycles. The molecule has 0 aliphatic rings. The fraction of sp³-hybridized carbons (Fsp3) is 0.400. The number of nitrogens with one attached hydrogen (secondary N) is 1. The Hall–Kier alpha value is -1.63. The summed E-state index contributed by atoms with van der Waals surface area (Å²) >= 11 is 0. The molecule has 0 atom stereocenters. The van der Waals surface area contributed by atoms with Gasteiger partial charge in [-0.05, 0) is 0 Å². The van der Waals surface area contributed by atoms with Gasteiger partial charge in [0.1, 0.15) is 0 Å². The summed E-state index contributed by atoms with van der Waals surface area (Å²) in [6.07, 6.45) is 0. The fourth-order valence-corrected chi connectivity index (χ4v) is 0.662. The fourth-order valence-electron chi connectivity index (χ4n) is 0.662. The number of hydrogen-bond donors (Lipinski definition) is 2. The number of rotatable bonds is 2. The van der Waals surface area contributed by atoms with Crippen LogP contribution in [0.15, 0.2) is 0 Å². The third-order valence-electron chi connectivity index (χ3n) is 1.22. The Morgan fingerprint density at radius 2 is 2.42 bits per heavy atom. The van der Waals surface area contributed by atoms with E-state index in [-0.39, 0.29) is 11.6 Å². The van der Waals surface area contributed by atoms with Crippen LogP contribution in [0.25, 0.3) is 0 Å². The Bertz CT molecular complexity index is 282. The number of H-pyrrole nitrogens is 1. The first-order chi connectivity index (χ1) is 5.66. The minimum absolute atomic E-state index is 0.0162. The molecule has 1 amide bonds. The standard InChI is InChI=1S/C5H8N4O3/c1-9(11)5(10)3-4(12-2)7-8-6-3/h11H,1-2H3,(H,6,7,8). The number of hydroxylamine groups is 2. The molecule has 0 saturated heterocycles. The first-order valence-corrected chi connectivity index (χ1v) is 3.08. The van der Waals surface area contributed by atoms with Crippen LogP contribution in [0.3, 0.4) is 0 Å². The third-order valence-corrected chi connectivity index (χ3v) is 1.22. The Labute approximate surface area is 67.9 Å². The first kappa shape index (κ1) is 8.47. The smallest absolute Gasteiger partial charge is 0.300 e. The van der Waals surface area contributed by atoms with Gasteiger partial charge in [-0.1, -0.05) is 10.3 Å². The second-order valence-corrected chi connectivity index (χ2v) is 2.02. The molecule has 0 aliphatic carbocycles. The highest BCUT2D eigenvalue weighted by Crippen LogP contribution is 2.10. The van der Waals surface area contributed by atoms with Gasteiger partial charge in [0, 0.05) is 7.05 Å². The van der Waals surface area contributed by atoms with Crippen LogP contribution in [0, 0.1) is 0 Å². The van der Waals surface area contributed by atoms with Crippen molar-refractivity contribution in [1.29, 1.82) is 0 Å². The van der Waals surface area contributed by atoms with Crippen LogP contribution in [0.4, 0.5) is 0 Å². The van der Waals surface area contributed by atoms with Crippen molar-refractivity contribution in [3.8, 4) is 5.88 Å². The summed E-state index contributed by atoms with van der Waals surface area (Å²) in [5.74, 6) is -0.599. The van der Waals surface area contributed by atoms with Gasteiger partial charge in [0.25, 0.3) is 5.88 Å². The lowest BCUT2D eigenvalue weighted by Crippen LogP contribution is -2.23. The van der Waals surface area contributed by atoms with E-state index >= 15 is 0 Å². The molecule has 1 rings (SSSR count). The van der Waals surface area contributed by atoms with E-state index in [0.717, 1.165) is 0 Å². The normalized spacial score (nSPS) is 9.58. The summed E-state index contributed by atoms with van der Waals surface area (Å²) in [6, 6.07) is 0. The zero-order valence-corrected chi connectivity index (χ0v) is 6.61. The lowest BCUT2D eigenvalue weighted by atomic mass is 10.4. The summed E-state index contributed by atoms with van der Waals surface area (Å²) in [5, 5.41) is 18.3. The number of aromatic nitrogens is 3. The average molecular weight is 172 g/mol. The predicted molar refractivity (Wildman–Crippen MR) is 36.8 cm³/mol. The zero-order chi connectivity index (χ0) is 9.14. The third kappa shape index (κ3) is 1.35. The van der Waals surface area contributed by atoms with Gasteiger partial charge < -0.3 is 4.74 Å². The molecule has 66 valence electrons. The van der Waals surface area contributed by atoms with Crippen LogP contribution in [-0.4, -0.2) is 45.7 Å². The molecule has 0 aliphatic heterocycles. The van der Waals surface area contributed by atoms with Crippen molar-refractivity contribution in [3.63, 3.8) is 0 Å². The molecule has 0 spiro atoms. The van der Waals surface area contributed by atoms with Gasteiger partial charge in [-0.3, -0.25) is 10.0 Å². The number of amides is 1. The lowest BCUT2D eigenvalue weighted by molar-refractivity contribution is -0.0381. The monoisotopic (exact) mass is 172 g/mol. The number of hydrogen-bond acceptors (Lipinski definition) is 5. The summed E-state index contributed by atoms with van der Waals surface area (Å²) in [5.41, 5.74) is 0.0162. The largest absolute Gasteiger partial charge is 0.478 e. The Kier molecular flexibility index (Phi) is 2.24. The van der Waals surface area contributed by atoms with Crippen molar-refractivity contribution >= 4 is 5.91 Å². The molecule has 0 radical (unpaired) electrons. The molecule has 7 nitrogen and oxygen atoms in total. The quantitative estimate of drug-likeness (QED) is 0.453. The molecule has 0 fully saturated rings. The molecular formula is C5H8N4O3. The highest BCUT2D eigenvalue weighted by Gasteiger charge is 2.18. The average Bonchev–Trinajstić information content (AvgIpc) is 2.49. The Balaban J connectivity index is 2.94. The van der Waals surface area contributed by atoms with E-state index in [1.807, 2.05) is 0 Å². The zero-order valence-electron chi connectivity index (χ0n) is 6.61. The van der Waals surface area contributed by atoms with Crippen molar-refractivity contribution in [2.24, 2.45) is 0 Å². The molecule has 1 aromatic rings. The van der Waals surface area contributed by atoms with E-state index in [1.165, 1.54) is 14.2 Å². The van der Waals surface area contributed by atoms with Crippen LogP contribution in [0.2, 0.25) is 0 Å². The van der Waals surface area contributed by atoms with Gasteiger partial charge in [0.2, 0.25) is 0 Å². The van der Waals surface area contributed by atoms with E-state index in [1.54, 1.807) is 0 Å². The molecule has 0 aromatic carbocycles. The van der Waals surface area contributed by atoms with Gasteiger partial charge in [0.15, 0.2) is 5.69 Å². The molecule has 12 heavy (non-hydrogen) atoms. The summed E-state index contributed by atoms with van der Waals surface area (Å²) in [6.45, 7) is 0. The van der Waals surface area contributed by atoms with E-state index in [9.17, 15) is 4.79 Å². The van der Waals surface area contributed by atoms with Gasteiger partial charge in [-0.2, -0.15) is 0 Å². The molecule has 1 heterocycles. The van der Waals surface area contributed by atoms with Crippen LogP contribution in [-0.2, 0) is 0 Å². The number of methoxy groups -OCH3 is 1. The van der Waals surface area contributed by atoms with Gasteiger partial charge in [0.05, 0.1) is 7.11 Å². The van der Waals surface area contributed by atoms with Crippen molar-refractivity contribution in [1.82, 2.24) is 20.5 Å². The lowest BCUT2D eigenvalue weighted by Gasteiger charge is -2.05. The molecule has 2 N–H and O–H groups in total. The van der Waals surface area contributed by atoms with Crippen molar-refractivity contribution in [2.75, 3.05) is 14.2 Å². The van der Waals surface area contributed by atoms with Crippen molar-refractivity contribution in [2.45, 2.75) is 0 Å². The molecule has 7 heteroatoms. The highest BCUT2D eigenvalue weighted by molar-refractivity contribution is 5.93. The van der Waals surface area contributed by atoms with Gasteiger partial charge in [-0.15, -0.1) is 0 Å². The van der Waals surface area contributed by atoms with E-state index < -0.39 is 5.91 Å². The van der Waals surface area contributed by atoms with E-state index in [2.05, 4.69) is 15.4 Å². The highest BCUT2D eigenvalue weighted by atomic mass is 16.5. The second kappa shape index (κ2) is 3.18. The summed E-state index contributed by atoms with van der Waals surface area (Å²) in [7, 11) is 2.55. The SMILES string of the molecule is COc1nn[nH]c1C(=O)N(C)O. The van der Waals surface area contributed by atoms with Crippen LogP contribution >= 0.6 is 0 Å². The Morgan fingerprint density at radius 1 is 1.75 bits per heavy atom. The maximum absolute atomic E-state index is 11.1. The number of nitrogens with zero attached hydrogens (tertiary/aromatic N) is 3. The number of ether oxygens (including phenoxy) is 1. The van der Waals surface area contributed by atoms with Crippen LogP contribution < -0.4 is 4.74 Å². The first-order valence-electron chi connectivity index (χ1n) is 3.08. The molecular weight excluding hydrogens is 164 g/mol. The minimum Gasteiger partial charge on any atom is -0.478 e. The summed E-state index contributed by atoms with van der Waals surface area (Å²) < 4.78 is 4.69. The van der Waals surface area contributed by atoms with E-state index in [0.29, 0.717) is 5.06 Å². The van der Waals surface area contributed by atoms with Gasteiger partial charge >= 0.3 is 5.91 Å². The van der Waals surface area contributed by atoms with Crippen molar-refractivity contribution < 1.29 is 14.7 Å². The predicted octanol–water partition coefficient (Wildman–Crippen LogP) is -0.726. The topological polar surface area (TPSA) is 91.3 Å². The Morgan fingerprint density at radius 3 is 2.92 bits per heavy atom. The molecule has 0 unspecified atom stereocenters. The van der Waals surface area contributed by atoms with E-state index in [4.69, 9.17) is 9.94 Å². The van der Waals surface area contributed by atoms with Gasteiger partial charge in [-0.25, -0.2) is 10.2 Å². The van der Waals surface area contributed by atoms with Crippen molar-refractivity contribution in [3.05, 3.63) is 5.69 Å². The molecule has 0 bridgehead atoms.